The van der Waals surface area contributed by atoms with Gasteiger partial charge in [-0.2, -0.15) is 0 Å². The number of nitrogens with zero attached hydrogens (tertiary/aromatic N) is 2. The largest absolute Gasteiger partial charge is 0.450 e. The van der Waals surface area contributed by atoms with Crippen molar-refractivity contribution in [3.05, 3.63) is 35.6 Å². The Morgan fingerprint density at radius 3 is 2.56 bits per heavy atom. The lowest BCUT2D eigenvalue weighted by molar-refractivity contribution is 0.0963. The molecule has 1 heterocycles. The standard InChI is InChI=1S/C20H29FN4O2/c1-2-27-19(26)25-12-8-17(9-13-25)24-18(22)23-14-20(10-3-11-20)15-4-6-16(21)7-5-15/h4-7,17H,2-3,8-14H2,1H3,(H3,22,23,24). The molecule has 148 valence electrons. The highest BCUT2D eigenvalue weighted by molar-refractivity contribution is 5.78. The maximum Gasteiger partial charge on any atom is 0.409 e. The highest BCUT2D eigenvalue weighted by atomic mass is 19.1. The summed E-state index contributed by atoms with van der Waals surface area (Å²) in [5.41, 5.74) is 7.22. The summed E-state index contributed by atoms with van der Waals surface area (Å²) >= 11 is 0. The first-order valence-corrected chi connectivity index (χ1v) is 9.76. The van der Waals surface area contributed by atoms with Crippen LogP contribution in [0.5, 0.6) is 0 Å². The van der Waals surface area contributed by atoms with Gasteiger partial charge >= 0.3 is 6.09 Å². The van der Waals surface area contributed by atoms with E-state index in [1.807, 2.05) is 19.1 Å². The van der Waals surface area contributed by atoms with E-state index in [9.17, 15) is 9.18 Å². The van der Waals surface area contributed by atoms with Crippen LogP contribution in [0.4, 0.5) is 9.18 Å². The van der Waals surface area contributed by atoms with E-state index in [4.69, 9.17) is 10.5 Å². The van der Waals surface area contributed by atoms with E-state index in [0.29, 0.717) is 32.2 Å². The minimum Gasteiger partial charge on any atom is -0.450 e. The SMILES string of the molecule is CCOC(=O)N1CCC(NC(N)=NCC2(c3ccc(F)cc3)CCC2)CC1. The maximum absolute atomic E-state index is 13.2. The third-order valence-electron chi connectivity index (χ3n) is 5.69. The maximum atomic E-state index is 13.2. The second kappa shape index (κ2) is 8.59. The van der Waals surface area contributed by atoms with Crippen molar-refractivity contribution in [3.8, 4) is 0 Å². The summed E-state index contributed by atoms with van der Waals surface area (Å²) in [4.78, 5) is 18.1. The molecule has 2 fully saturated rings. The van der Waals surface area contributed by atoms with E-state index >= 15 is 0 Å². The van der Waals surface area contributed by atoms with Gasteiger partial charge in [-0.3, -0.25) is 4.99 Å². The molecular formula is C20H29FN4O2. The van der Waals surface area contributed by atoms with E-state index in [1.165, 1.54) is 12.1 Å². The first-order valence-electron chi connectivity index (χ1n) is 9.76. The van der Waals surface area contributed by atoms with Crippen LogP contribution in [0.3, 0.4) is 0 Å². The van der Waals surface area contributed by atoms with Crippen LogP contribution in [0.25, 0.3) is 0 Å². The van der Waals surface area contributed by atoms with Crippen LogP contribution in [0.2, 0.25) is 0 Å². The van der Waals surface area contributed by atoms with Crippen molar-refractivity contribution in [2.45, 2.75) is 50.5 Å². The van der Waals surface area contributed by atoms with Crippen molar-refractivity contribution in [2.24, 2.45) is 10.7 Å². The van der Waals surface area contributed by atoms with Gasteiger partial charge in [0.15, 0.2) is 5.96 Å². The van der Waals surface area contributed by atoms with Crippen molar-refractivity contribution in [3.63, 3.8) is 0 Å². The number of guanidine groups is 1. The van der Waals surface area contributed by atoms with Crippen molar-refractivity contribution in [1.29, 1.82) is 0 Å². The molecule has 3 rings (SSSR count). The number of amides is 1. The minimum absolute atomic E-state index is 0.0206. The topological polar surface area (TPSA) is 80.0 Å². The van der Waals surface area contributed by atoms with Crippen LogP contribution in [-0.4, -0.2) is 49.2 Å². The Balaban J connectivity index is 1.51. The van der Waals surface area contributed by atoms with Crippen molar-refractivity contribution in [2.75, 3.05) is 26.2 Å². The molecule has 1 aliphatic carbocycles. The Morgan fingerprint density at radius 1 is 1.33 bits per heavy atom. The number of rotatable bonds is 5. The molecule has 0 radical (unpaired) electrons. The number of hydrogen-bond donors (Lipinski definition) is 2. The zero-order valence-electron chi connectivity index (χ0n) is 15.9. The second-order valence-corrected chi connectivity index (χ2v) is 7.45. The van der Waals surface area contributed by atoms with Crippen molar-refractivity contribution < 1.29 is 13.9 Å². The number of ether oxygens (including phenoxy) is 1. The molecule has 1 aromatic carbocycles. The average molecular weight is 376 g/mol. The molecule has 27 heavy (non-hydrogen) atoms. The van der Waals surface area contributed by atoms with Gasteiger partial charge < -0.3 is 20.7 Å². The third kappa shape index (κ3) is 4.70. The first kappa shape index (κ1) is 19.5. The summed E-state index contributed by atoms with van der Waals surface area (Å²) in [6.45, 7) is 4.13. The Kier molecular flexibility index (Phi) is 6.19. The monoisotopic (exact) mass is 376 g/mol. The fourth-order valence-corrected chi connectivity index (χ4v) is 3.86. The first-order chi connectivity index (χ1) is 13.0. The van der Waals surface area contributed by atoms with Gasteiger partial charge in [0.1, 0.15) is 5.82 Å². The lowest BCUT2D eigenvalue weighted by atomic mass is 9.64. The van der Waals surface area contributed by atoms with E-state index < -0.39 is 0 Å². The fourth-order valence-electron chi connectivity index (χ4n) is 3.86. The molecular weight excluding hydrogens is 347 g/mol. The normalized spacial score (nSPS) is 20.1. The lowest BCUT2D eigenvalue weighted by Crippen LogP contribution is -2.49. The molecule has 0 bridgehead atoms. The number of nitrogens with two attached hydrogens (primary N) is 1. The number of carbonyl (C=O) groups excluding carboxylic acids is 1. The number of benzene rings is 1. The van der Waals surface area contributed by atoms with Gasteiger partial charge in [-0.1, -0.05) is 18.6 Å². The predicted octanol–water partition coefficient (Wildman–Crippen LogP) is 2.77. The van der Waals surface area contributed by atoms with E-state index in [-0.39, 0.29) is 23.4 Å². The average Bonchev–Trinajstić information content (AvgIpc) is 2.63. The number of carbonyl (C=O) groups is 1. The predicted molar refractivity (Wildman–Crippen MR) is 103 cm³/mol. The molecule has 0 atom stereocenters. The number of likely N-dealkylation sites (tertiary alicyclic amines) is 1. The smallest absolute Gasteiger partial charge is 0.409 e. The molecule has 7 heteroatoms. The van der Waals surface area contributed by atoms with Gasteiger partial charge in [-0.05, 0) is 50.3 Å². The van der Waals surface area contributed by atoms with Crippen molar-refractivity contribution in [1.82, 2.24) is 10.2 Å². The van der Waals surface area contributed by atoms with Gasteiger partial charge in [0.05, 0.1) is 13.2 Å². The summed E-state index contributed by atoms with van der Waals surface area (Å²) < 4.78 is 18.2. The Hall–Kier alpha value is -2.31. The zero-order chi connectivity index (χ0) is 19.3. The lowest BCUT2D eigenvalue weighted by Gasteiger charge is -2.41. The van der Waals surface area contributed by atoms with Crippen LogP contribution < -0.4 is 11.1 Å². The quantitative estimate of drug-likeness (QED) is 0.612. The molecule has 1 saturated heterocycles. The van der Waals surface area contributed by atoms with Gasteiger partial charge in [0, 0.05) is 24.5 Å². The van der Waals surface area contributed by atoms with Gasteiger partial charge in [0.2, 0.25) is 0 Å². The van der Waals surface area contributed by atoms with Gasteiger partial charge in [0.25, 0.3) is 0 Å². The number of aliphatic imine (C=N–C) groups is 1. The third-order valence-corrected chi connectivity index (χ3v) is 5.69. The van der Waals surface area contributed by atoms with Gasteiger partial charge in [-0.15, -0.1) is 0 Å². The van der Waals surface area contributed by atoms with Crippen molar-refractivity contribution >= 4 is 12.1 Å². The van der Waals surface area contributed by atoms with Crippen LogP contribution in [0, 0.1) is 5.82 Å². The van der Waals surface area contributed by atoms with Crippen LogP contribution >= 0.6 is 0 Å². The highest BCUT2D eigenvalue weighted by Gasteiger charge is 2.38. The molecule has 1 aromatic rings. The Labute approximate surface area is 160 Å². The zero-order valence-corrected chi connectivity index (χ0v) is 15.9. The minimum atomic E-state index is -0.246. The molecule has 0 aromatic heterocycles. The molecule has 0 spiro atoms. The molecule has 1 aliphatic heterocycles. The van der Waals surface area contributed by atoms with E-state index in [1.54, 1.807) is 4.90 Å². The van der Waals surface area contributed by atoms with E-state index in [0.717, 1.165) is 37.7 Å². The highest BCUT2D eigenvalue weighted by Crippen LogP contribution is 2.44. The van der Waals surface area contributed by atoms with Crippen LogP contribution in [0.1, 0.15) is 44.6 Å². The second-order valence-electron chi connectivity index (χ2n) is 7.45. The Bertz CT molecular complexity index is 665. The Morgan fingerprint density at radius 2 is 2.00 bits per heavy atom. The van der Waals surface area contributed by atoms with Gasteiger partial charge in [-0.25, -0.2) is 9.18 Å². The number of nitrogens with one attached hydrogen (secondary N) is 1. The number of halogens is 1. The summed E-state index contributed by atoms with van der Waals surface area (Å²) in [6, 6.07) is 6.95. The number of piperidine rings is 1. The van der Waals surface area contributed by atoms with Crippen LogP contribution in [-0.2, 0) is 10.2 Å². The molecule has 2 aliphatic rings. The summed E-state index contributed by atoms with van der Waals surface area (Å²) in [5, 5.41) is 3.28. The summed E-state index contributed by atoms with van der Waals surface area (Å²) in [6.07, 6.45) is 4.65. The fraction of sp³-hybridized carbons (Fsp3) is 0.600. The summed E-state index contributed by atoms with van der Waals surface area (Å²) in [5.74, 6) is 0.227. The van der Waals surface area contributed by atoms with E-state index in [2.05, 4.69) is 10.3 Å². The molecule has 6 nitrogen and oxygen atoms in total. The van der Waals surface area contributed by atoms with Crippen LogP contribution in [0.15, 0.2) is 29.3 Å². The molecule has 1 saturated carbocycles. The molecule has 3 N–H and O–H groups in total. The molecule has 0 unspecified atom stereocenters. The number of hydrogen-bond acceptors (Lipinski definition) is 3. The molecule has 1 amide bonds. The summed E-state index contributed by atoms with van der Waals surface area (Å²) in [7, 11) is 0.